The Morgan fingerprint density at radius 2 is 1.64 bits per heavy atom. The summed E-state index contributed by atoms with van der Waals surface area (Å²) in [5.41, 5.74) is 0.649. The maximum Gasteiger partial charge on any atom is 0.274 e. The van der Waals surface area contributed by atoms with E-state index in [-0.39, 0.29) is 23.0 Å². The Kier molecular flexibility index (Phi) is 4.75. The lowest BCUT2D eigenvalue weighted by Crippen LogP contribution is -2.15. The van der Waals surface area contributed by atoms with Crippen molar-refractivity contribution in [3.8, 4) is 0 Å². The number of aromatic nitrogens is 2. The molecule has 0 aliphatic heterocycles. The van der Waals surface area contributed by atoms with E-state index in [1.165, 1.54) is 36.7 Å². The van der Waals surface area contributed by atoms with Crippen molar-refractivity contribution in [2.75, 3.05) is 10.6 Å². The molecule has 0 saturated heterocycles. The second kappa shape index (κ2) is 7.31. The van der Waals surface area contributed by atoms with Crippen molar-refractivity contribution < 1.29 is 14.0 Å². The zero-order valence-corrected chi connectivity index (χ0v) is 12.9. The summed E-state index contributed by atoms with van der Waals surface area (Å²) in [7, 11) is 0. The van der Waals surface area contributed by atoms with Gasteiger partial charge in [0, 0.05) is 6.20 Å². The molecule has 124 valence electrons. The number of nitrogens with zero attached hydrogens (tertiary/aromatic N) is 2. The molecule has 0 unspecified atom stereocenters. The van der Waals surface area contributed by atoms with Crippen LogP contribution in [0.1, 0.15) is 20.8 Å². The summed E-state index contributed by atoms with van der Waals surface area (Å²) < 4.78 is 13.6. The summed E-state index contributed by atoms with van der Waals surface area (Å²) in [5, 5.41) is 5.14. The number of nitrogens with one attached hydrogen (secondary N) is 2. The molecule has 2 N–H and O–H groups in total. The highest BCUT2D eigenvalue weighted by atomic mass is 19.1. The summed E-state index contributed by atoms with van der Waals surface area (Å²) in [5.74, 6) is -1.34. The molecule has 2 aromatic heterocycles. The maximum absolute atomic E-state index is 13.6. The SMILES string of the molecule is O=C(Nc1ccc(NC(=O)c2ccccc2F)nc1)c1ccccn1. The van der Waals surface area contributed by atoms with Crippen molar-refractivity contribution in [3.05, 3.63) is 84.1 Å². The summed E-state index contributed by atoms with van der Waals surface area (Å²) in [6.45, 7) is 0. The number of carbonyl (C=O) groups is 2. The molecule has 0 fully saturated rings. The smallest absolute Gasteiger partial charge is 0.274 e. The van der Waals surface area contributed by atoms with Crippen LogP contribution < -0.4 is 10.6 Å². The number of hydrogen-bond acceptors (Lipinski definition) is 4. The third kappa shape index (κ3) is 4.03. The fraction of sp³-hybridized carbons (Fsp3) is 0. The van der Waals surface area contributed by atoms with Crippen molar-refractivity contribution in [2.24, 2.45) is 0 Å². The number of benzene rings is 1. The van der Waals surface area contributed by atoms with Crippen molar-refractivity contribution >= 4 is 23.3 Å². The summed E-state index contributed by atoms with van der Waals surface area (Å²) in [6.07, 6.45) is 2.91. The molecule has 0 aliphatic rings. The van der Waals surface area contributed by atoms with Crippen LogP contribution >= 0.6 is 0 Å². The molecule has 0 bridgehead atoms. The van der Waals surface area contributed by atoms with Gasteiger partial charge in [-0.15, -0.1) is 0 Å². The van der Waals surface area contributed by atoms with Crippen LogP contribution in [0.3, 0.4) is 0 Å². The van der Waals surface area contributed by atoms with E-state index in [0.29, 0.717) is 5.69 Å². The highest BCUT2D eigenvalue weighted by molar-refractivity contribution is 6.04. The quantitative estimate of drug-likeness (QED) is 0.767. The molecule has 2 amide bonds. The molecule has 0 atom stereocenters. The molecular weight excluding hydrogens is 323 g/mol. The van der Waals surface area contributed by atoms with Gasteiger partial charge >= 0.3 is 0 Å². The van der Waals surface area contributed by atoms with Crippen LogP contribution in [0.5, 0.6) is 0 Å². The zero-order valence-electron chi connectivity index (χ0n) is 12.9. The lowest BCUT2D eigenvalue weighted by atomic mass is 10.2. The van der Waals surface area contributed by atoms with Gasteiger partial charge in [-0.05, 0) is 36.4 Å². The Morgan fingerprint density at radius 3 is 2.32 bits per heavy atom. The molecule has 0 radical (unpaired) electrons. The minimum atomic E-state index is -0.612. The summed E-state index contributed by atoms with van der Waals surface area (Å²) >= 11 is 0. The van der Waals surface area contributed by atoms with Gasteiger partial charge in [0.25, 0.3) is 11.8 Å². The Balaban J connectivity index is 1.65. The van der Waals surface area contributed by atoms with Gasteiger partial charge in [-0.1, -0.05) is 18.2 Å². The number of rotatable bonds is 4. The molecule has 0 spiro atoms. The van der Waals surface area contributed by atoms with Gasteiger partial charge < -0.3 is 10.6 Å². The number of halogens is 1. The van der Waals surface area contributed by atoms with E-state index >= 15 is 0 Å². The third-order valence-corrected chi connectivity index (χ3v) is 3.28. The first kappa shape index (κ1) is 16.3. The fourth-order valence-corrected chi connectivity index (χ4v) is 2.06. The first-order chi connectivity index (χ1) is 12.1. The number of pyridine rings is 2. The molecule has 3 rings (SSSR count). The minimum absolute atomic E-state index is 0.0724. The van der Waals surface area contributed by atoms with Gasteiger partial charge in [-0.2, -0.15) is 0 Å². The van der Waals surface area contributed by atoms with E-state index in [0.717, 1.165) is 0 Å². The number of carbonyl (C=O) groups excluding carboxylic acids is 2. The highest BCUT2D eigenvalue weighted by Gasteiger charge is 2.12. The number of anilines is 2. The van der Waals surface area contributed by atoms with E-state index in [9.17, 15) is 14.0 Å². The summed E-state index contributed by atoms with van der Waals surface area (Å²) in [6, 6.07) is 13.8. The fourth-order valence-electron chi connectivity index (χ4n) is 2.06. The zero-order chi connectivity index (χ0) is 17.6. The second-order valence-corrected chi connectivity index (χ2v) is 5.04. The normalized spacial score (nSPS) is 10.1. The largest absolute Gasteiger partial charge is 0.319 e. The number of amides is 2. The monoisotopic (exact) mass is 336 g/mol. The third-order valence-electron chi connectivity index (χ3n) is 3.28. The predicted octanol–water partition coefficient (Wildman–Crippen LogP) is 3.12. The van der Waals surface area contributed by atoms with Crippen LogP contribution in [-0.2, 0) is 0 Å². The lowest BCUT2D eigenvalue weighted by Gasteiger charge is -2.07. The van der Waals surface area contributed by atoms with Gasteiger partial charge in [0.2, 0.25) is 0 Å². The van der Waals surface area contributed by atoms with Crippen LogP contribution in [-0.4, -0.2) is 21.8 Å². The summed E-state index contributed by atoms with van der Waals surface area (Å²) in [4.78, 5) is 32.0. The van der Waals surface area contributed by atoms with Crippen LogP contribution in [0, 0.1) is 5.82 Å². The average molecular weight is 336 g/mol. The van der Waals surface area contributed by atoms with Gasteiger partial charge in [0.05, 0.1) is 17.4 Å². The molecule has 3 aromatic rings. The van der Waals surface area contributed by atoms with Gasteiger partial charge in [0.15, 0.2) is 0 Å². The molecule has 2 heterocycles. The minimum Gasteiger partial charge on any atom is -0.319 e. The molecule has 7 heteroatoms. The Labute approximate surface area is 142 Å². The van der Waals surface area contributed by atoms with E-state index < -0.39 is 11.7 Å². The molecule has 0 aliphatic carbocycles. The topological polar surface area (TPSA) is 84.0 Å². The van der Waals surface area contributed by atoms with E-state index in [1.807, 2.05) is 0 Å². The van der Waals surface area contributed by atoms with Crippen molar-refractivity contribution in [1.82, 2.24) is 9.97 Å². The number of hydrogen-bond donors (Lipinski definition) is 2. The van der Waals surface area contributed by atoms with Crippen molar-refractivity contribution in [2.45, 2.75) is 0 Å². The Bertz CT molecular complexity index is 898. The van der Waals surface area contributed by atoms with Crippen LogP contribution in [0.4, 0.5) is 15.9 Å². The predicted molar refractivity (Wildman–Crippen MR) is 90.8 cm³/mol. The van der Waals surface area contributed by atoms with Gasteiger partial charge in [0.1, 0.15) is 17.3 Å². The molecule has 6 nitrogen and oxygen atoms in total. The average Bonchev–Trinajstić information content (AvgIpc) is 2.64. The Morgan fingerprint density at radius 1 is 0.840 bits per heavy atom. The lowest BCUT2D eigenvalue weighted by molar-refractivity contribution is 0.101. The Hall–Kier alpha value is -3.61. The molecule has 1 aromatic carbocycles. The van der Waals surface area contributed by atoms with Crippen molar-refractivity contribution in [3.63, 3.8) is 0 Å². The standard InChI is InChI=1S/C18H13FN4O2/c19-14-6-2-1-5-13(14)17(24)23-16-9-8-12(11-21-16)22-18(25)15-7-3-4-10-20-15/h1-11H,(H,22,25)(H,21,23,24). The van der Waals surface area contributed by atoms with Gasteiger partial charge in [-0.25, -0.2) is 9.37 Å². The van der Waals surface area contributed by atoms with Crippen LogP contribution in [0.15, 0.2) is 67.0 Å². The van der Waals surface area contributed by atoms with E-state index in [2.05, 4.69) is 20.6 Å². The van der Waals surface area contributed by atoms with E-state index in [4.69, 9.17) is 0 Å². The van der Waals surface area contributed by atoms with Crippen molar-refractivity contribution in [1.29, 1.82) is 0 Å². The molecule has 0 saturated carbocycles. The first-order valence-corrected chi connectivity index (χ1v) is 7.38. The molecular formula is C18H13FN4O2. The highest BCUT2D eigenvalue weighted by Crippen LogP contribution is 2.13. The second-order valence-electron chi connectivity index (χ2n) is 5.04. The van der Waals surface area contributed by atoms with E-state index in [1.54, 1.807) is 30.3 Å². The van der Waals surface area contributed by atoms with Crippen LogP contribution in [0.25, 0.3) is 0 Å². The maximum atomic E-state index is 13.6. The van der Waals surface area contributed by atoms with Gasteiger partial charge in [-0.3, -0.25) is 14.6 Å². The van der Waals surface area contributed by atoms with Crippen LogP contribution in [0.2, 0.25) is 0 Å². The molecule has 25 heavy (non-hydrogen) atoms. The first-order valence-electron chi connectivity index (χ1n) is 7.38.